The number of ketones is 1. The Kier molecular flexibility index (Phi) is 3.62. The van der Waals surface area contributed by atoms with E-state index in [-0.39, 0.29) is 11.6 Å². The highest BCUT2D eigenvalue weighted by Gasteiger charge is 2.18. The van der Waals surface area contributed by atoms with E-state index in [1.165, 1.54) is 12.1 Å². The molecule has 2 nitrogen and oxygen atoms in total. The van der Waals surface area contributed by atoms with E-state index in [9.17, 15) is 9.18 Å². The fourth-order valence-electron chi connectivity index (χ4n) is 2.69. The summed E-state index contributed by atoms with van der Waals surface area (Å²) < 4.78 is 15.6. The van der Waals surface area contributed by atoms with Crippen molar-refractivity contribution in [3.8, 4) is 0 Å². The Morgan fingerprint density at radius 1 is 1.20 bits per heavy atom. The van der Waals surface area contributed by atoms with Crippen LogP contribution in [0.4, 0.5) is 4.39 Å². The van der Waals surface area contributed by atoms with Crippen molar-refractivity contribution in [1.29, 1.82) is 0 Å². The van der Waals surface area contributed by atoms with Crippen molar-refractivity contribution in [2.24, 2.45) is 0 Å². The molecule has 1 aliphatic carbocycles. The summed E-state index contributed by atoms with van der Waals surface area (Å²) >= 11 is 5.90. The van der Waals surface area contributed by atoms with Gasteiger partial charge >= 0.3 is 0 Å². The van der Waals surface area contributed by atoms with Gasteiger partial charge in [-0.1, -0.05) is 11.6 Å². The maximum absolute atomic E-state index is 13.7. The summed E-state index contributed by atoms with van der Waals surface area (Å²) in [6.07, 6.45) is 7.32. The van der Waals surface area contributed by atoms with Gasteiger partial charge in [-0.25, -0.2) is 4.39 Å². The molecular weight excluding hydrogens is 277 g/mol. The first-order valence-electron chi connectivity index (χ1n) is 6.79. The number of nitrogens with zero attached hydrogens (tertiary/aromatic N) is 1. The largest absolute Gasteiger partial charge is 0.349 e. The van der Waals surface area contributed by atoms with Crippen molar-refractivity contribution in [3.05, 3.63) is 58.1 Å². The molecule has 0 atom stereocenters. The van der Waals surface area contributed by atoms with Gasteiger partial charge in [0.1, 0.15) is 5.82 Å². The van der Waals surface area contributed by atoms with Gasteiger partial charge in [0.05, 0.1) is 0 Å². The number of benzene rings is 1. The molecule has 0 amide bonds. The summed E-state index contributed by atoms with van der Waals surface area (Å²) in [5.74, 6) is -0.0764. The van der Waals surface area contributed by atoms with Crippen LogP contribution in [0.3, 0.4) is 0 Å². The fourth-order valence-corrected chi connectivity index (χ4v) is 2.89. The Labute approximate surface area is 122 Å². The number of carbonyl (C=O) groups is 1. The number of hydrogen-bond donors (Lipinski definition) is 0. The van der Waals surface area contributed by atoms with Gasteiger partial charge in [-0.2, -0.15) is 0 Å². The lowest BCUT2D eigenvalue weighted by Crippen LogP contribution is -2.01. The number of fused-ring (bicyclic) bond motifs is 1. The van der Waals surface area contributed by atoms with Crippen molar-refractivity contribution >= 4 is 17.4 Å². The molecule has 0 spiro atoms. The van der Waals surface area contributed by atoms with Crippen LogP contribution < -0.4 is 0 Å². The van der Waals surface area contributed by atoms with Crippen LogP contribution >= 0.6 is 11.6 Å². The van der Waals surface area contributed by atoms with Gasteiger partial charge in [-0.05, 0) is 43.0 Å². The minimum atomic E-state index is -0.273. The molecular formula is C16H15ClFNO. The van der Waals surface area contributed by atoms with Crippen molar-refractivity contribution in [1.82, 2.24) is 4.57 Å². The zero-order valence-electron chi connectivity index (χ0n) is 11.0. The molecule has 0 bridgehead atoms. The van der Waals surface area contributed by atoms with Crippen LogP contribution in [0, 0.1) is 5.82 Å². The molecule has 1 aliphatic rings. The zero-order valence-corrected chi connectivity index (χ0v) is 11.8. The first-order valence-corrected chi connectivity index (χ1v) is 7.17. The first-order chi connectivity index (χ1) is 9.63. The number of halogens is 2. The molecule has 2 aromatic rings. The predicted octanol–water partition coefficient (Wildman–Crippen LogP) is 4.24. The molecule has 0 unspecified atom stereocenters. The van der Waals surface area contributed by atoms with Gasteiger partial charge < -0.3 is 4.57 Å². The van der Waals surface area contributed by atoms with Crippen LogP contribution in [-0.2, 0) is 13.0 Å². The molecule has 1 heterocycles. The molecule has 0 fully saturated rings. The third kappa shape index (κ3) is 2.63. The normalized spacial score (nSPS) is 15.0. The smallest absolute Gasteiger partial charge is 0.164 e. The van der Waals surface area contributed by atoms with Crippen molar-refractivity contribution in [2.45, 2.75) is 32.2 Å². The Morgan fingerprint density at radius 3 is 2.85 bits per heavy atom. The number of Topliss-reactive ketones (excluding diaryl/α,β-unsaturated/α-hetero) is 1. The van der Waals surface area contributed by atoms with Crippen LogP contribution in [-0.4, -0.2) is 10.4 Å². The average molecular weight is 292 g/mol. The van der Waals surface area contributed by atoms with E-state index in [0.29, 0.717) is 23.6 Å². The van der Waals surface area contributed by atoms with Gasteiger partial charge in [-0.15, -0.1) is 0 Å². The lowest BCUT2D eigenvalue weighted by Gasteiger charge is -2.05. The Morgan fingerprint density at radius 2 is 2.00 bits per heavy atom. The van der Waals surface area contributed by atoms with Crippen molar-refractivity contribution in [3.63, 3.8) is 0 Å². The maximum Gasteiger partial charge on any atom is 0.164 e. The van der Waals surface area contributed by atoms with Gasteiger partial charge in [0.15, 0.2) is 5.78 Å². The molecule has 1 aromatic carbocycles. The summed E-state index contributed by atoms with van der Waals surface area (Å²) in [6.45, 7) is 0.396. The first kappa shape index (κ1) is 13.4. The van der Waals surface area contributed by atoms with Gasteiger partial charge in [0, 0.05) is 41.5 Å². The predicted molar refractivity (Wildman–Crippen MR) is 76.8 cm³/mol. The lowest BCUT2D eigenvalue weighted by atomic mass is 10.1. The van der Waals surface area contributed by atoms with Gasteiger partial charge in [0.2, 0.25) is 0 Å². The van der Waals surface area contributed by atoms with E-state index in [2.05, 4.69) is 0 Å². The molecule has 104 valence electrons. The topological polar surface area (TPSA) is 22.0 Å². The molecule has 4 heteroatoms. The van der Waals surface area contributed by atoms with E-state index < -0.39 is 0 Å². The standard InChI is InChI=1S/C16H15ClFNO/c17-13-5-6-15(18)12(7-13)9-19-8-11-3-1-2-4-16(20)14(11)10-19/h5-8,10H,1-4,9H2. The number of aryl methyl sites for hydroxylation is 1. The van der Waals surface area contributed by atoms with Crippen LogP contribution in [0.1, 0.15) is 40.7 Å². The van der Waals surface area contributed by atoms with Crippen molar-refractivity contribution in [2.75, 3.05) is 0 Å². The number of rotatable bonds is 2. The molecule has 0 saturated heterocycles. The molecule has 1 aromatic heterocycles. The van der Waals surface area contributed by atoms with Crippen molar-refractivity contribution < 1.29 is 9.18 Å². The summed E-state index contributed by atoms with van der Waals surface area (Å²) in [4.78, 5) is 12.0. The SMILES string of the molecule is O=C1CCCCc2cn(Cc3cc(Cl)ccc3F)cc21. The van der Waals surface area contributed by atoms with E-state index in [0.717, 1.165) is 30.4 Å². The van der Waals surface area contributed by atoms with Crippen LogP contribution in [0.15, 0.2) is 30.6 Å². The zero-order chi connectivity index (χ0) is 14.1. The molecule has 0 N–H and O–H groups in total. The molecule has 0 saturated carbocycles. The molecule has 3 rings (SSSR count). The second kappa shape index (κ2) is 5.41. The van der Waals surface area contributed by atoms with E-state index in [1.54, 1.807) is 6.07 Å². The summed E-state index contributed by atoms with van der Waals surface area (Å²) in [5.41, 5.74) is 2.41. The highest BCUT2D eigenvalue weighted by molar-refractivity contribution is 6.30. The van der Waals surface area contributed by atoms with Crippen LogP contribution in [0.5, 0.6) is 0 Å². The minimum absolute atomic E-state index is 0.197. The van der Waals surface area contributed by atoms with Crippen LogP contribution in [0.2, 0.25) is 5.02 Å². The number of aromatic nitrogens is 1. The van der Waals surface area contributed by atoms with E-state index >= 15 is 0 Å². The Hall–Kier alpha value is -1.61. The average Bonchev–Trinajstić information content (AvgIpc) is 2.74. The second-order valence-corrected chi connectivity index (χ2v) is 5.67. The second-order valence-electron chi connectivity index (χ2n) is 5.24. The highest BCUT2D eigenvalue weighted by Crippen LogP contribution is 2.23. The lowest BCUT2D eigenvalue weighted by molar-refractivity contribution is 0.0982. The fraction of sp³-hybridized carbons (Fsp3) is 0.312. The third-order valence-corrected chi connectivity index (χ3v) is 3.96. The summed E-state index contributed by atoms with van der Waals surface area (Å²) in [5, 5.41) is 0.520. The molecule has 0 radical (unpaired) electrons. The number of hydrogen-bond acceptors (Lipinski definition) is 1. The van der Waals surface area contributed by atoms with Gasteiger partial charge in [0.25, 0.3) is 0 Å². The third-order valence-electron chi connectivity index (χ3n) is 3.72. The summed E-state index contributed by atoms with van der Waals surface area (Å²) in [6, 6.07) is 4.54. The minimum Gasteiger partial charge on any atom is -0.349 e. The monoisotopic (exact) mass is 291 g/mol. The highest BCUT2D eigenvalue weighted by atomic mass is 35.5. The van der Waals surface area contributed by atoms with Crippen LogP contribution in [0.25, 0.3) is 0 Å². The van der Waals surface area contributed by atoms with E-state index in [4.69, 9.17) is 11.6 Å². The molecule has 0 aliphatic heterocycles. The number of carbonyl (C=O) groups excluding carboxylic acids is 1. The Balaban J connectivity index is 1.90. The quantitative estimate of drug-likeness (QED) is 0.759. The maximum atomic E-state index is 13.7. The molecule has 20 heavy (non-hydrogen) atoms. The summed E-state index contributed by atoms with van der Waals surface area (Å²) in [7, 11) is 0. The van der Waals surface area contributed by atoms with E-state index in [1.807, 2.05) is 17.0 Å². The van der Waals surface area contributed by atoms with Gasteiger partial charge in [-0.3, -0.25) is 4.79 Å². The Bertz CT molecular complexity index is 662.